The van der Waals surface area contributed by atoms with Crippen molar-refractivity contribution in [1.29, 1.82) is 0 Å². The average molecular weight is 339 g/mol. The van der Waals surface area contributed by atoms with Crippen molar-refractivity contribution >= 4 is 21.7 Å². The fourth-order valence-electron chi connectivity index (χ4n) is 2.41. The SMILES string of the molecule is CC(CC(=O)Cc1cc(Br)cc2c1OCC2)C(C)(C)C. The van der Waals surface area contributed by atoms with Crippen LogP contribution in [-0.2, 0) is 17.6 Å². The zero-order chi connectivity index (χ0) is 14.9. The lowest BCUT2D eigenvalue weighted by atomic mass is 9.78. The molecule has 0 bridgehead atoms. The predicted octanol–water partition coefficient (Wildman–Crippen LogP) is 4.57. The van der Waals surface area contributed by atoms with E-state index < -0.39 is 0 Å². The van der Waals surface area contributed by atoms with Gasteiger partial charge < -0.3 is 4.74 Å². The summed E-state index contributed by atoms with van der Waals surface area (Å²) in [5, 5.41) is 0. The van der Waals surface area contributed by atoms with Crippen LogP contribution in [0.25, 0.3) is 0 Å². The Kier molecular flexibility index (Phi) is 4.58. The van der Waals surface area contributed by atoms with Crippen molar-refractivity contribution in [1.82, 2.24) is 0 Å². The normalized spacial score (nSPS) is 15.7. The Hall–Kier alpha value is -0.830. The quantitative estimate of drug-likeness (QED) is 0.803. The largest absolute Gasteiger partial charge is 0.493 e. The highest BCUT2D eigenvalue weighted by Crippen LogP contribution is 2.34. The molecule has 0 saturated heterocycles. The molecule has 0 amide bonds. The van der Waals surface area contributed by atoms with Crippen LogP contribution in [0.3, 0.4) is 0 Å². The predicted molar refractivity (Wildman–Crippen MR) is 85.3 cm³/mol. The van der Waals surface area contributed by atoms with Gasteiger partial charge in [-0.1, -0.05) is 43.6 Å². The van der Waals surface area contributed by atoms with Gasteiger partial charge in [-0.25, -0.2) is 0 Å². The van der Waals surface area contributed by atoms with Crippen molar-refractivity contribution < 1.29 is 9.53 Å². The van der Waals surface area contributed by atoms with Crippen LogP contribution in [0.2, 0.25) is 0 Å². The highest BCUT2D eigenvalue weighted by Gasteiger charge is 2.24. The second-order valence-corrected chi connectivity index (χ2v) is 7.75. The number of ether oxygens (including phenoxy) is 1. The van der Waals surface area contributed by atoms with Gasteiger partial charge in [-0.15, -0.1) is 0 Å². The molecule has 0 spiro atoms. The van der Waals surface area contributed by atoms with Gasteiger partial charge in [0, 0.05) is 29.3 Å². The molecule has 1 atom stereocenters. The third kappa shape index (κ3) is 3.63. The van der Waals surface area contributed by atoms with Crippen LogP contribution in [-0.4, -0.2) is 12.4 Å². The number of Topliss-reactive ketones (excluding diaryl/α,β-unsaturated/α-hetero) is 1. The molecule has 0 radical (unpaired) electrons. The summed E-state index contributed by atoms with van der Waals surface area (Å²) in [6.07, 6.45) is 2.04. The molecule has 3 heteroatoms. The number of hydrogen-bond acceptors (Lipinski definition) is 2. The minimum Gasteiger partial charge on any atom is -0.493 e. The lowest BCUT2D eigenvalue weighted by molar-refractivity contribution is -0.120. The molecule has 0 aromatic heterocycles. The molecule has 1 aliphatic rings. The minimum atomic E-state index is 0.172. The van der Waals surface area contributed by atoms with Crippen LogP contribution in [0.4, 0.5) is 0 Å². The molecule has 1 aromatic carbocycles. The van der Waals surface area contributed by atoms with E-state index in [0.29, 0.717) is 24.5 Å². The zero-order valence-electron chi connectivity index (χ0n) is 12.8. The Morgan fingerprint density at radius 1 is 1.40 bits per heavy atom. The standard InChI is InChI=1S/C17H23BrO2/c1-11(17(2,3)4)7-15(19)10-13-9-14(18)8-12-5-6-20-16(12)13/h8-9,11H,5-7,10H2,1-4H3. The van der Waals surface area contributed by atoms with Crippen LogP contribution >= 0.6 is 15.9 Å². The van der Waals surface area contributed by atoms with Crippen LogP contribution in [0.5, 0.6) is 5.75 Å². The van der Waals surface area contributed by atoms with E-state index in [1.165, 1.54) is 5.56 Å². The molecule has 0 aliphatic carbocycles. The molecule has 0 N–H and O–H groups in total. The summed E-state index contributed by atoms with van der Waals surface area (Å²) in [4.78, 5) is 12.3. The van der Waals surface area contributed by atoms with E-state index in [-0.39, 0.29) is 5.41 Å². The first-order chi connectivity index (χ1) is 9.27. The Bertz CT molecular complexity index is 514. The number of ketones is 1. The third-order valence-electron chi connectivity index (χ3n) is 4.23. The van der Waals surface area contributed by atoms with Gasteiger partial charge in [0.1, 0.15) is 11.5 Å². The van der Waals surface area contributed by atoms with Crippen LogP contribution < -0.4 is 4.74 Å². The number of carbonyl (C=O) groups excluding carboxylic acids is 1. The van der Waals surface area contributed by atoms with Crippen molar-refractivity contribution in [2.24, 2.45) is 11.3 Å². The maximum absolute atomic E-state index is 12.3. The summed E-state index contributed by atoms with van der Waals surface area (Å²) in [5.74, 6) is 1.62. The van der Waals surface area contributed by atoms with E-state index in [0.717, 1.165) is 28.8 Å². The summed E-state index contributed by atoms with van der Waals surface area (Å²) in [5.41, 5.74) is 2.41. The number of rotatable bonds is 4. The molecule has 1 aliphatic heterocycles. The molecular formula is C17H23BrO2. The fourth-order valence-corrected chi connectivity index (χ4v) is 2.96. The van der Waals surface area contributed by atoms with Crippen molar-refractivity contribution in [3.63, 3.8) is 0 Å². The van der Waals surface area contributed by atoms with Crippen molar-refractivity contribution in [2.75, 3.05) is 6.61 Å². The highest BCUT2D eigenvalue weighted by atomic mass is 79.9. The van der Waals surface area contributed by atoms with Crippen LogP contribution in [0, 0.1) is 11.3 Å². The van der Waals surface area contributed by atoms with E-state index >= 15 is 0 Å². The maximum Gasteiger partial charge on any atom is 0.137 e. The summed E-state index contributed by atoms with van der Waals surface area (Å²) in [6, 6.07) is 4.11. The number of hydrogen-bond donors (Lipinski definition) is 0. The van der Waals surface area contributed by atoms with Gasteiger partial charge in [0.05, 0.1) is 6.61 Å². The summed E-state index contributed by atoms with van der Waals surface area (Å²) in [7, 11) is 0. The second-order valence-electron chi connectivity index (χ2n) is 6.84. The molecule has 1 unspecified atom stereocenters. The lowest BCUT2D eigenvalue weighted by Gasteiger charge is -2.26. The number of fused-ring (bicyclic) bond motifs is 1. The zero-order valence-corrected chi connectivity index (χ0v) is 14.3. The van der Waals surface area contributed by atoms with Crippen molar-refractivity contribution in [2.45, 2.75) is 47.0 Å². The molecule has 0 fully saturated rings. The van der Waals surface area contributed by atoms with Gasteiger partial charge in [-0.2, -0.15) is 0 Å². The van der Waals surface area contributed by atoms with Crippen LogP contribution in [0.1, 0.15) is 45.2 Å². The molecule has 2 nitrogen and oxygen atoms in total. The first-order valence-corrected chi connectivity index (χ1v) is 8.02. The Labute approximate surface area is 130 Å². The Morgan fingerprint density at radius 2 is 2.10 bits per heavy atom. The number of benzene rings is 1. The molecular weight excluding hydrogens is 316 g/mol. The highest BCUT2D eigenvalue weighted by molar-refractivity contribution is 9.10. The number of carbonyl (C=O) groups is 1. The van der Waals surface area contributed by atoms with E-state index in [9.17, 15) is 4.79 Å². The van der Waals surface area contributed by atoms with Gasteiger partial charge in [0.15, 0.2) is 0 Å². The van der Waals surface area contributed by atoms with E-state index in [4.69, 9.17) is 4.74 Å². The fraction of sp³-hybridized carbons (Fsp3) is 0.588. The van der Waals surface area contributed by atoms with Crippen LogP contribution in [0.15, 0.2) is 16.6 Å². The topological polar surface area (TPSA) is 26.3 Å². The molecule has 1 heterocycles. The van der Waals surface area contributed by atoms with Gasteiger partial charge in [-0.3, -0.25) is 4.79 Å². The summed E-state index contributed by atoms with van der Waals surface area (Å²) < 4.78 is 6.72. The van der Waals surface area contributed by atoms with Gasteiger partial charge in [0.25, 0.3) is 0 Å². The molecule has 1 aromatic rings. The van der Waals surface area contributed by atoms with Gasteiger partial charge in [-0.05, 0) is 29.0 Å². The molecule has 20 heavy (non-hydrogen) atoms. The first-order valence-electron chi connectivity index (χ1n) is 7.23. The Morgan fingerprint density at radius 3 is 2.75 bits per heavy atom. The molecule has 0 saturated carbocycles. The molecule has 2 rings (SSSR count). The first kappa shape index (κ1) is 15.6. The summed E-state index contributed by atoms with van der Waals surface area (Å²) in [6.45, 7) is 9.44. The van der Waals surface area contributed by atoms with Crippen molar-refractivity contribution in [3.05, 3.63) is 27.7 Å². The van der Waals surface area contributed by atoms with E-state index in [1.807, 2.05) is 6.07 Å². The third-order valence-corrected chi connectivity index (χ3v) is 4.68. The lowest BCUT2D eigenvalue weighted by Crippen LogP contribution is -2.21. The summed E-state index contributed by atoms with van der Waals surface area (Å²) >= 11 is 3.52. The monoisotopic (exact) mass is 338 g/mol. The Balaban J connectivity index is 2.09. The van der Waals surface area contributed by atoms with Gasteiger partial charge >= 0.3 is 0 Å². The average Bonchev–Trinajstić information content (AvgIpc) is 2.75. The van der Waals surface area contributed by atoms with E-state index in [2.05, 4.69) is 49.7 Å². The number of halogens is 1. The second kappa shape index (κ2) is 5.88. The molecule has 110 valence electrons. The minimum absolute atomic E-state index is 0.172. The van der Waals surface area contributed by atoms with E-state index in [1.54, 1.807) is 0 Å². The van der Waals surface area contributed by atoms with Crippen molar-refractivity contribution in [3.8, 4) is 5.75 Å². The van der Waals surface area contributed by atoms with Gasteiger partial charge in [0.2, 0.25) is 0 Å². The maximum atomic E-state index is 12.3. The smallest absolute Gasteiger partial charge is 0.137 e.